The summed E-state index contributed by atoms with van der Waals surface area (Å²) in [5.41, 5.74) is 1.03. The first-order valence-electron chi connectivity index (χ1n) is 7.99. The predicted molar refractivity (Wildman–Crippen MR) is 92.8 cm³/mol. The van der Waals surface area contributed by atoms with Gasteiger partial charge in [0.25, 0.3) is 0 Å². The smallest absolute Gasteiger partial charge is 0.236 e. The predicted octanol–water partition coefficient (Wildman–Crippen LogP) is 5.19. The van der Waals surface area contributed by atoms with Gasteiger partial charge in [0.1, 0.15) is 0 Å². The normalized spacial score (nSPS) is 13.7. The van der Waals surface area contributed by atoms with Gasteiger partial charge in [0, 0.05) is 5.30 Å². The Bertz CT molecular complexity index is 581. The molecule has 117 valence electrons. The first-order valence-corrected chi connectivity index (χ1v) is 9.80. The summed E-state index contributed by atoms with van der Waals surface area (Å²) in [5, 5.41) is 0.804. The zero-order chi connectivity index (χ0) is 15.7. The van der Waals surface area contributed by atoms with Crippen molar-refractivity contribution in [2.24, 2.45) is 0 Å². The third-order valence-corrected chi connectivity index (χ3v) is 6.09. The largest absolute Gasteiger partial charge is 0.325 e. The van der Waals surface area contributed by atoms with Gasteiger partial charge in [-0.15, -0.1) is 0 Å². The maximum absolute atomic E-state index is 13.4. The van der Waals surface area contributed by atoms with Crippen LogP contribution >= 0.6 is 7.37 Å². The van der Waals surface area contributed by atoms with Crippen molar-refractivity contribution in [2.45, 2.75) is 38.8 Å². The van der Waals surface area contributed by atoms with E-state index >= 15 is 0 Å². The molecule has 0 fully saturated rings. The van der Waals surface area contributed by atoms with Crippen LogP contribution in [0.3, 0.4) is 0 Å². The van der Waals surface area contributed by atoms with Gasteiger partial charge in [0.2, 0.25) is 7.37 Å². The fourth-order valence-corrected chi connectivity index (χ4v) is 4.54. The third-order valence-electron chi connectivity index (χ3n) is 3.63. The van der Waals surface area contributed by atoms with E-state index in [0.717, 1.165) is 23.7 Å². The molecule has 0 spiro atoms. The lowest BCUT2D eigenvalue weighted by molar-refractivity contribution is 0.307. The average Bonchev–Trinajstić information content (AvgIpc) is 2.56. The van der Waals surface area contributed by atoms with E-state index in [-0.39, 0.29) is 0 Å². The molecule has 0 saturated heterocycles. The van der Waals surface area contributed by atoms with Gasteiger partial charge in [0.05, 0.1) is 12.8 Å². The van der Waals surface area contributed by atoms with Gasteiger partial charge in [-0.3, -0.25) is 4.57 Å². The van der Waals surface area contributed by atoms with Crippen LogP contribution in [0.2, 0.25) is 0 Å². The van der Waals surface area contributed by atoms with Crippen LogP contribution in [0.5, 0.6) is 0 Å². The zero-order valence-electron chi connectivity index (χ0n) is 13.2. The van der Waals surface area contributed by atoms with Gasteiger partial charge in [-0.1, -0.05) is 68.7 Å². The Hall–Kier alpha value is -1.37. The minimum Gasteiger partial charge on any atom is -0.325 e. The second-order valence-corrected chi connectivity index (χ2v) is 7.91. The van der Waals surface area contributed by atoms with Crippen LogP contribution in [-0.2, 0) is 15.3 Å². The standard InChI is InChI=1S/C19H24O2P/c1-2-3-4-11-16-21-22(20,19-14-9-6-10-15-19)17-18-12-7-5-8-13-18/h6-10,12-15H,2-4,11,16-17H2,1H3. The molecule has 1 atom stereocenters. The van der Waals surface area contributed by atoms with E-state index in [0.29, 0.717) is 12.8 Å². The molecule has 2 aromatic rings. The van der Waals surface area contributed by atoms with Crippen molar-refractivity contribution in [2.75, 3.05) is 6.61 Å². The Balaban J connectivity index is 2.09. The van der Waals surface area contributed by atoms with Gasteiger partial charge >= 0.3 is 0 Å². The fourth-order valence-electron chi connectivity index (χ4n) is 2.37. The van der Waals surface area contributed by atoms with Crippen LogP contribution in [0.15, 0.2) is 54.6 Å². The number of hydrogen-bond donors (Lipinski definition) is 0. The molecule has 0 aromatic heterocycles. The van der Waals surface area contributed by atoms with E-state index in [1.165, 1.54) is 12.8 Å². The molecule has 0 N–H and O–H groups in total. The lowest BCUT2D eigenvalue weighted by Crippen LogP contribution is -2.10. The Labute approximate surface area is 134 Å². The van der Waals surface area contributed by atoms with E-state index in [4.69, 9.17) is 4.52 Å². The van der Waals surface area contributed by atoms with Gasteiger partial charge in [0.15, 0.2) is 0 Å². The number of benzene rings is 2. The molecule has 0 saturated carbocycles. The SMILES string of the molecule is CCCCCCOP(=O)(Cc1cc[c]cc1)c1ccccc1. The summed E-state index contributed by atoms with van der Waals surface area (Å²) >= 11 is 0. The van der Waals surface area contributed by atoms with Crippen LogP contribution in [0.4, 0.5) is 0 Å². The van der Waals surface area contributed by atoms with Crippen LogP contribution in [0, 0.1) is 6.07 Å². The Morgan fingerprint density at radius 2 is 1.73 bits per heavy atom. The lowest BCUT2D eigenvalue weighted by Gasteiger charge is -2.19. The highest BCUT2D eigenvalue weighted by Gasteiger charge is 2.26. The van der Waals surface area contributed by atoms with E-state index < -0.39 is 7.37 Å². The molecule has 1 radical (unpaired) electrons. The van der Waals surface area contributed by atoms with Crippen molar-refractivity contribution in [3.05, 3.63) is 66.2 Å². The molecular weight excluding hydrogens is 291 g/mol. The molecule has 2 rings (SSSR count). The zero-order valence-corrected chi connectivity index (χ0v) is 14.1. The van der Waals surface area contributed by atoms with Crippen molar-refractivity contribution in [3.8, 4) is 0 Å². The first kappa shape index (κ1) is 17.0. The molecule has 0 heterocycles. The second-order valence-electron chi connectivity index (χ2n) is 5.47. The second kappa shape index (κ2) is 8.92. The molecule has 0 aliphatic heterocycles. The van der Waals surface area contributed by atoms with Crippen molar-refractivity contribution in [1.82, 2.24) is 0 Å². The van der Waals surface area contributed by atoms with Crippen molar-refractivity contribution in [3.63, 3.8) is 0 Å². The van der Waals surface area contributed by atoms with Gasteiger partial charge in [-0.25, -0.2) is 0 Å². The van der Waals surface area contributed by atoms with E-state index in [9.17, 15) is 4.57 Å². The third kappa shape index (κ3) is 5.12. The van der Waals surface area contributed by atoms with E-state index in [2.05, 4.69) is 13.0 Å². The van der Waals surface area contributed by atoms with E-state index in [1.54, 1.807) is 0 Å². The summed E-state index contributed by atoms with van der Waals surface area (Å²) in [6, 6.07) is 20.2. The number of rotatable bonds is 9. The molecule has 0 bridgehead atoms. The molecule has 22 heavy (non-hydrogen) atoms. The quantitative estimate of drug-likeness (QED) is 0.470. The molecule has 2 nitrogen and oxygen atoms in total. The van der Waals surface area contributed by atoms with Gasteiger partial charge in [-0.2, -0.15) is 0 Å². The topological polar surface area (TPSA) is 26.3 Å². The van der Waals surface area contributed by atoms with Crippen molar-refractivity contribution in [1.29, 1.82) is 0 Å². The van der Waals surface area contributed by atoms with Crippen molar-refractivity contribution < 1.29 is 9.09 Å². The monoisotopic (exact) mass is 315 g/mol. The molecule has 1 unspecified atom stereocenters. The highest BCUT2D eigenvalue weighted by atomic mass is 31.2. The first-order chi connectivity index (χ1) is 10.7. The average molecular weight is 315 g/mol. The summed E-state index contributed by atoms with van der Waals surface area (Å²) in [4.78, 5) is 0. The minimum absolute atomic E-state index is 0.444. The Kier molecular flexibility index (Phi) is 6.89. The van der Waals surface area contributed by atoms with Crippen LogP contribution in [0.1, 0.15) is 38.2 Å². The van der Waals surface area contributed by atoms with Crippen LogP contribution in [0.25, 0.3) is 0 Å². The minimum atomic E-state index is -2.86. The summed E-state index contributed by atoms with van der Waals surface area (Å²) in [7, 11) is -2.86. The summed E-state index contributed by atoms with van der Waals surface area (Å²) < 4.78 is 19.3. The summed E-state index contributed by atoms with van der Waals surface area (Å²) in [6.45, 7) is 2.74. The molecule has 0 amide bonds. The number of unbranched alkanes of at least 4 members (excludes halogenated alkanes) is 3. The Morgan fingerprint density at radius 3 is 2.41 bits per heavy atom. The lowest BCUT2D eigenvalue weighted by atomic mass is 10.2. The maximum Gasteiger partial charge on any atom is 0.236 e. The van der Waals surface area contributed by atoms with Crippen LogP contribution in [-0.4, -0.2) is 6.61 Å². The fraction of sp³-hybridized carbons (Fsp3) is 0.368. The Morgan fingerprint density at radius 1 is 1.00 bits per heavy atom. The van der Waals surface area contributed by atoms with E-state index in [1.807, 2.05) is 54.6 Å². The summed E-state index contributed by atoms with van der Waals surface area (Å²) in [6.07, 6.45) is 4.93. The number of hydrogen-bond acceptors (Lipinski definition) is 2. The molecule has 0 aliphatic rings. The van der Waals surface area contributed by atoms with Gasteiger partial charge in [-0.05, 0) is 30.2 Å². The molecular formula is C19H24O2P. The summed E-state index contributed by atoms with van der Waals surface area (Å²) in [5.74, 6) is 0. The highest BCUT2D eigenvalue weighted by Crippen LogP contribution is 2.49. The van der Waals surface area contributed by atoms with Crippen molar-refractivity contribution >= 4 is 12.7 Å². The molecule has 0 aliphatic carbocycles. The van der Waals surface area contributed by atoms with Crippen LogP contribution < -0.4 is 5.30 Å². The highest BCUT2D eigenvalue weighted by molar-refractivity contribution is 7.66. The maximum atomic E-state index is 13.4. The van der Waals surface area contributed by atoms with Gasteiger partial charge < -0.3 is 4.52 Å². The molecule has 3 heteroatoms. The molecule has 2 aromatic carbocycles.